The Hall–Kier alpha value is -2.47. The Morgan fingerprint density at radius 2 is 2.04 bits per heavy atom. The van der Waals surface area contributed by atoms with Crippen LogP contribution < -0.4 is 16.0 Å². The summed E-state index contributed by atoms with van der Waals surface area (Å²) in [6.07, 6.45) is 0. The van der Waals surface area contributed by atoms with Gasteiger partial charge in [-0.1, -0.05) is 18.2 Å². The van der Waals surface area contributed by atoms with Gasteiger partial charge in [-0.25, -0.2) is 4.79 Å². The van der Waals surface area contributed by atoms with Gasteiger partial charge in [0.25, 0.3) is 0 Å². The second kappa shape index (κ2) is 9.13. The van der Waals surface area contributed by atoms with Crippen molar-refractivity contribution in [2.45, 2.75) is 33.4 Å². The number of amides is 2. The molecular weight excluding hydrogens is 318 g/mol. The molecule has 0 aliphatic rings. The fraction of sp³-hybridized carbons (Fsp3) is 0.421. The van der Waals surface area contributed by atoms with Gasteiger partial charge in [0.2, 0.25) is 0 Å². The van der Waals surface area contributed by atoms with Gasteiger partial charge in [-0.15, -0.1) is 0 Å². The van der Waals surface area contributed by atoms with E-state index in [2.05, 4.69) is 16.0 Å². The lowest BCUT2D eigenvalue weighted by molar-refractivity contribution is 0.210. The third-order valence-electron chi connectivity index (χ3n) is 3.97. The van der Waals surface area contributed by atoms with E-state index in [4.69, 9.17) is 9.15 Å². The number of nitrogens with one attached hydrogen (secondary N) is 3. The number of aryl methyl sites for hydroxylation is 2. The SMILES string of the molecule is COCCNc1ccccc1CNC(=O)N[C@@H](C)c1cc(C)oc1C. The van der Waals surface area contributed by atoms with Gasteiger partial charge < -0.3 is 25.1 Å². The first-order valence-corrected chi connectivity index (χ1v) is 8.43. The summed E-state index contributed by atoms with van der Waals surface area (Å²) in [5, 5.41) is 9.15. The molecule has 1 atom stereocenters. The number of carbonyl (C=O) groups is 1. The number of benzene rings is 1. The van der Waals surface area contributed by atoms with E-state index in [1.807, 2.05) is 51.1 Å². The molecule has 6 nitrogen and oxygen atoms in total. The highest BCUT2D eigenvalue weighted by Gasteiger charge is 2.15. The lowest BCUT2D eigenvalue weighted by Gasteiger charge is -2.16. The summed E-state index contributed by atoms with van der Waals surface area (Å²) in [5.41, 5.74) is 3.01. The van der Waals surface area contributed by atoms with Crippen LogP contribution in [0.4, 0.5) is 10.5 Å². The van der Waals surface area contributed by atoms with E-state index in [1.54, 1.807) is 7.11 Å². The molecule has 0 aliphatic heterocycles. The highest BCUT2D eigenvalue weighted by molar-refractivity contribution is 5.74. The molecule has 0 aliphatic carbocycles. The Morgan fingerprint density at radius 1 is 1.28 bits per heavy atom. The number of methoxy groups -OCH3 is 1. The maximum atomic E-state index is 12.2. The van der Waals surface area contributed by atoms with Crippen LogP contribution in [0.15, 0.2) is 34.7 Å². The summed E-state index contributed by atoms with van der Waals surface area (Å²) < 4.78 is 10.6. The highest BCUT2D eigenvalue weighted by Crippen LogP contribution is 2.21. The summed E-state index contributed by atoms with van der Waals surface area (Å²) >= 11 is 0. The first-order valence-electron chi connectivity index (χ1n) is 8.43. The molecule has 3 N–H and O–H groups in total. The molecular formula is C19H27N3O3. The van der Waals surface area contributed by atoms with Crippen LogP contribution in [0.3, 0.4) is 0 Å². The van der Waals surface area contributed by atoms with E-state index in [0.717, 1.165) is 34.9 Å². The molecule has 2 rings (SSSR count). The van der Waals surface area contributed by atoms with Crippen molar-refractivity contribution >= 4 is 11.7 Å². The normalized spacial score (nSPS) is 11.8. The third kappa shape index (κ3) is 5.53. The summed E-state index contributed by atoms with van der Waals surface area (Å²) in [5.74, 6) is 1.68. The van der Waals surface area contributed by atoms with E-state index in [-0.39, 0.29) is 12.1 Å². The number of ether oxygens (including phenoxy) is 1. The van der Waals surface area contributed by atoms with Crippen molar-refractivity contribution in [2.24, 2.45) is 0 Å². The average Bonchev–Trinajstić information content (AvgIpc) is 2.92. The number of anilines is 1. The smallest absolute Gasteiger partial charge is 0.315 e. The predicted octanol–water partition coefficient (Wildman–Crippen LogP) is 3.52. The number of para-hydroxylation sites is 1. The van der Waals surface area contributed by atoms with Crippen LogP contribution in [-0.4, -0.2) is 26.3 Å². The van der Waals surface area contributed by atoms with Gasteiger partial charge in [0.05, 0.1) is 12.6 Å². The van der Waals surface area contributed by atoms with Gasteiger partial charge in [-0.3, -0.25) is 0 Å². The second-order valence-electron chi connectivity index (χ2n) is 5.99. The zero-order chi connectivity index (χ0) is 18.2. The van der Waals surface area contributed by atoms with Crippen LogP contribution in [-0.2, 0) is 11.3 Å². The first kappa shape index (κ1) is 18.9. The van der Waals surface area contributed by atoms with Crippen LogP contribution in [0, 0.1) is 13.8 Å². The summed E-state index contributed by atoms with van der Waals surface area (Å²) in [6, 6.07) is 9.52. The molecule has 1 aromatic carbocycles. The maximum Gasteiger partial charge on any atom is 0.315 e. The van der Waals surface area contributed by atoms with E-state index in [9.17, 15) is 4.79 Å². The number of hydrogen-bond acceptors (Lipinski definition) is 4. The number of furan rings is 1. The van der Waals surface area contributed by atoms with E-state index in [0.29, 0.717) is 13.2 Å². The van der Waals surface area contributed by atoms with Crippen molar-refractivity contribution in [2.75, 3.05) is 25.6 Å². The number of carbonyl (C=O) groups excluding carboxylic acids is 1. The molecule has 25 heavy (non-hydrogen) atoms. The first-order chi connectivity index (χ1) is 12.0. The van der Waals surface area contributed by atoms with Crippen molar-refractivity contribution < 1.29 is 13.9 Å². The Bertz CT molecular complexity index is 697. The van der Waals surface area contributed by atoms with Gasteiger partial charge in [0.1, 0.15) is 11.5 Å². The van der Waals surface area contributed by atoms with Crippen molar-refractivity contribution in [3.8, 4) is 0 Å². The fourth-order valence-electron chi connectivity index (χ4n) is 2.72. The van der Waals surface area contributed by atoms with Crippen molar-refractivity contribution in [1.82, 2.24) is 10.6 Å². The molecule has 0 radical (unpaired) electrons. The standard InChI is InChI=1S/C19H27N3O3/c1-13-11-17(15(3)25-13)14(2)22-19(23)21-12-16-7-5-6-8-18(16)20-9-10-24-4/h5-8,11,14,20H,9-10,12H2,1-4H3,(H2,21,22,23)/t14-/m0/s1. The zero-order valence-corrected chi connectivity index (χ0v) is 15.3. The van der Waals surface area contributed by atoms with Crippen molar-refractivity contribution in [1.29, 1.82) is 0 Å². The van der Waals surface area contributed by atoms with Gasteiger partial charge in [0, 0.05) is 31.5 Å². The largest absolute Gasteiger partial charge is 0.466 e. The molecule has 2 amide bonds. The third-order valence-corrected chi connectivity index (χ3v) is 3.97. The maximum absolute atomic E-state index is 12.2. The number of urea groups is 1. The number of hydrogen-bond donors (Lipinski definition) is 3. The van der Waals surface area contributed by atoms with Gasteiger partial charge in [0.15, 0.2) is 0 Å². The number of rotatable bonds is 8. The summed E-state index contributed by atoms with van der Waals surface area (Å²) in [4.78, 5) is 12.2. The summed E-state index contributed by atoms with van der Waals surface area (Å²) in [6.45, 7) is 7.53. The fourth-order valence-corrected chi connectivity index (χ4v) is 2.72. The molecule has 6 heteroatoms. The highest BCUT2D eigenvalue weighted by atomic mass is 16.5. The predicted molar refractivity (Wildman–Crippen MR) is 98.8 cm³/mol. The Kier molecular flexibility index (Phi) is 6.89. The van der Waals surface area contributed by atoms with E-state index < -0.39 is 0 Å². The average molecular weight is 345 g/mol. The van der Waals surface area contributed by atoms with Crippen LogP contribution >= 0.6 is 0 Å². The quantitative estimate of drug-likeness (QED) is 0.640. The molecule has 1 heterocycles. The topological polar surface area (TPSA) is 75.5 Å². The Balaban J connectivity index is 1.88. The molecule has 0 spiro atoms. The van der Waals surface area contributed by atoms with Crippen LogP contribution in [0.2, 0.25) is 0 Å². The molecule has 2 aromatic rings. The molecule has 0 unspecified atom stereocenters. The molecule has 136 valence electrons. The van der Waals surface area contributed by atoms with Gasteiger partial charge in [-0.05, 0) is 38.5 Å². The van der Waals surface area contributed by atoms with E-state index in [1.165, 1.54) is 0 Å². The van der Waals surface area contributed by atoms with Crippen molar-refractivity contribution in [3.63, 3.8) is 0 Å². The second-order valence-corrected chi connectivity index (χ2v) is 5.99. The monoisotopic (exact) mass is 345 g/mol. The minimum absolute atomic E-state index is 0.118. The molecule has 0 saturated heterocycles. The van der Waals surface area contributed by atoms with Gasteiger partial charge >= 0.3 is 6.03 Å². The lowest BCUT2D eigenvalue weighted by Crippen LogP contribution is -2.36. The zero-order valence-electron chi connectivity index (χ0n) is 15.3. The lowest BCUT2D eigenvalue weighted by atomic mass is 10.1. The summed E-state index contributed by atoms with van der Waals surface area (Å²) in [7, 11) is 1.67. The van der Waals surface area contributed by atoms with Crippen molar-refractivity contribution in [3.05, 3.63) is 53.0 Å². The van der Waals surface area contributed by atoms with Crippen LogP contribution in [0.1, 0.15) is 35.6 Å². The minimum Gasteiger partial charge on any atom is -0.466 e. The molecule has 0 bridgehead atoms. The van der Waals surface area contributed by atoms with Crippen LogP contribution in [0.5, 0.6) is 0 Å². The van der Waals surface area contributed by atoms with Gasteiger partial charge in [-0.2, -0.15) is 0 Å². The molecule has 0 saturated carbocycles. The van der Waals surface area contributed by atoms with E-state index >= 15 is 0 Å². The Morgan fingerprint density at radius 3 is 2.72 bits per heavy atom. The van der Waals surface area contributed by atoms with Crippen LogP contribution in [0.25, 0.3) is 0 Å². The Labute approximate surface area is 148 Å². The minimum atomic E-state index is -0.211. The molecule has 1 aromatic heterocycles. The molecule has 0 fully saturated rings.